The lowest BCUT2D eigenvalue weighted by Gasteiger charge is -2.35. The molecule has 1 unspecified atom stereocenters. The Morgan fingerprint density at radius 1 is 1.29 bits per heavy atom. The second kappa shape index (κ2) is 7.06. The number of rotatable bonds is 5. The number of thiazole rings is 1. The summed E-state index contributed by atoms with van der Waals surface area (Å²) in [4.78, 5) is 15.6. The van der Waals surface area contributed by atoms with Gasteiger partial charge in [-0.05, 0) is 19.8 Å². The van der Waals surface area contributed by atoms with Crippen LogP contribution in [0.1, 0.15) is 22.8 Å². The van der Waals surface area contributed by atoms with E-state index < -0.39 is 0 Å². The van der Waals surface area contributed by atoms with Gasteiger partial charge in [0.15, 0.2) is 0 Å². The van der Waals surface area contributed by atoms with Gasteiger partial charge in [0.2, 0.25) is 0 Å². The molecule has 112 valence electrons. The van der Waals surface area contributed by atoms with Gasteiger partial charge < -0.3 is 4.74 Å². The molecule has 0 amide bonds. The van der Waals surface area contributed by atoms with Crippen LogP contribution in [0.4, 0.5) is 0 Å². The molecule has 0 saturated carbocycles. The molecule has 21 heavy (non-hydrogen) atoms. The lowest BCUT2D eigenvalue weighted by molar-refractivity contribution is -0.0144. The van der Waals surface area contributed by atoms with Crippen LogP contribution in [-0.2, 0) is 17.7 Å². The van der Waals surface area contributed by atoms with Crippen LogP contribution in [0.5, 0.6) is 0 Å². The third-order valence-corrected chi connectivity index (χ3v) is 4.63. The minimum absolute atomic E-state index is 0.434. The predicted molar refractivity (Wildman–Crippen MR) is 82.2 cm³/mol. The van der Waals surface area contributed by atoms with E-state index in [1.165, 1.54) is 5.01 Å². The smallest absolute Gasteiger partial charge is 0.107 e. The van der Waals surface area contributed by atoms with Gasteiger partial charge in [0.25, 0.3) is 0 Å². The first-order valence-corrected chi connectivity index (χ1v) is 8.17. The number of aromatic nitrogens is 3. The van der Waals surface area contributed by atoms with E-state index in [9.17, 15) is 0 Å². The molecule has 0 bridgehead atoms. The monoisotopic (exact) mass is 304 g/mol. The molecule has 1 atom stereocenters. The minimum atomic E-state index is 0.434. The van der Waals surface area contributed by atoms with Gasteiger partial charge in [-0.3, -0.25) is 14.9 Å². The van der Waals surface area contributed by atoms with Gasteiger partial charge in [-0.2, -0.15) is 0 Å². The van der Waals surface area contributed by atoms with E-state index in [4.69, 9.17) is 4.74 Å². The minimum Gasteiger partial charge on any atom is -0.378 e. The van der Waals surface area contributed by atoms with Crippen LogP contribution in [0.15, 0.2) is 24.0 Å². The Hall–Kier alpha value is -1.37. The number of ether oxygens (including phenoxy) is 1. The summed E-state index contributed by atoms with van der Waals surface area (Å²) in [5, 5.41) is 3.21. The van der Waals surface area contributed by atoms with E-state index in [0.29, 0.717) is 6.04 Å². The van der Waals surface area contributed by atoms with Crippen molar-refractivity contribution in [2.45, 2.75) is 32.4 Å². The summed E-state index contributed by atoms with van der Waals surface area (Å²) >= 11 is 1.72. The quantitative estimate of drug-likeness (QED) is 0.846. The Kier molecular flexibility index (Phi) is 4.90. The first-order chi connectivity index (χ1) is 10.3. The molecule has 3 heterocycles. The molecule has 0 aromatic carbocycles. The van der Waals surface area contributed by atoms with Gasteiger partial charge in [-0.25, -0.2) is 4.98 Å². The first-order valence-electron chi connectivity index (χ1n) is 7.29. The Morgan fingerprint density at radius 2 is 2.19 bits per heavy atom. The van der Waals surface area contributed by atoms with Crippen molar-refractivity contribution < 1.29 is 4.74 Å². The largest absolute Gasteiger partial charge is 0.378 e. The van der Waals surface area contributed by atoms with Gasteiger partial charge in [-0.15, -0.1) is 11.3 Å². The highest BCUT2D eigenvalue weighted by atomic mass is 32.1. The molecule has 1 saturated heterocycles. The second-order valence-electron chi connectivity index (χ2n) is 5.25. The van der Waals surface area contributed by atoms with Crippen molar-refractivity contribution >= 4 is 11.3 Å². The van der Waals surface area contributed by atoms with Gasteiger partial charge in [0, 0.05) is 36.6 Å². The Morgan fingerprint density at radius 3 is 3.00 bits per heavy atom. The molecule has 0 aliphatic carbocycles. The van der Waals surface area contributed by atoms with E-state index in [1.807, 2.05) is 18.5 Å². The van der Waals surface area contributed by atoms with Gasteiger partial charge in [0.1, 0.15) is 5.01 Å². The summed E-state index contributed by atoms with van der Waals surface area (Å²) in [7, 11) is 0. The molecule has 0 N–H and O–H groups in total. The summed E-state index contributed by atoms with van der Waals surface area (Å²) < 4.78 is 5.66. The van der Waals surface area contributed by atoms with Gasteiger partial charge in [-0.1, -0.05) is 0 Å². The van der Waals surface area contributed by atoms with E-state index in [0.717, 1.165) is 50.5 Å². The van der Waals surface area contributed by atoms with E-state index in [-0.39, 0.29) is 0 Å². The zero-order valence-corrected chi connectivity index (χ0v) is 13.1. The molecule has 2 aromatic rings. The average molecular weight is 304 g/mol. The van der Waals surface area contributed by atoms with Crippen molar-refractivity contribution in [2.75, 3.05) is 19.8 Å². The summed E-state index contributed by atoms with van der Waals surface area (Å²) in [6.07, 6.45) is 7.38. The van der Waals surface area contributed by atoms with Crippen LogP contribution in [0.3, 0.4) is 0 Å². The maximum atomic E-state index is 5.66. The molecule has 2 aromatic heterocycles. The second-order valence-corrected chi connectivity index (χ2v) is 6.23. The van der Waals surface area contributed by atoms with Crippen LogP contribution in [-0.4, -0.2) is 45.7 Å². The number of morpholine rings is 1. The number of hydrogen-bond acceptors (Lipinski definition) is 6. The van der Waals surface area contributed by atoms with E-state index in [2.05, 4.69) is 19.9 Å². The normalized spacial score (nSPS) is 19.8. The van der Waals surface area contributed by atoms with Gasteiger partial charge >= 0.3 is 0 Å². The van der Waals surface area contributed by atoms with Crippen molar-refractivity contribution in [3.05, 3.63) is 40.4 Å². The maximum absolute atomic E-state index is 5.66. The Bertz CT molecular complexity index is 561. The van der Waals surface area contributed by atoms with Crippen LogP contribution in [0.25, 0.3) is 0 Å². The Labute approximate surface area is 129 Å². The predicted octanol–water partition coefficient (Wildman–Crippen LogP) is 2.08. The molecule has 0 radical (unpaired) electrons. The van der Waals surface area contributed by atoms with Crippen molar-refractivity contribution in [3.63, 3.8) is 0 Å². The van der Waals surface area contributed by atoms with Crippen LogP contribution >= 0.6 is 11.3 Å². The maximum Gasteiger partial charge on any atom is 0.107 e. The molecule has 3 rings (SSSR count). The number of hydrogen-bond donors (Lipinski definition) is 0. The zero-order chi connectivity index (χ0) is 14.5. The number of aryl methyl sites for hydroxylation is 2. The summed E-state index contributed by atoms with van der Waals surface area (Å²) in [5.74, 6) is 0. The molecule has 1 fully saturated rings. The lowest BCUT2D eigenvalue weighted by atomic mass is 10.1. The fraction of sp³-hybridized carbons (Fsp3) is 0.533. The third-order valence-electron chi connectivity index (χ3n) is 3.87. The van der Waals surface area contributed by atoms with E-state index >= 15 is 0 Å². The summed E-state index contributed by atoms with van der Waals surface area (Å²) in [6, 6.07) is 0.434. The summed E-state index contributed by atoms with van der Waals surface area (Å²) in [6.45, 7) is 5.53. The van der Waals surface area contributed by atoms with Crippen molar-refractivity contribution in [1.29, 1.82) is 0 Å². The average Bonchev–Trinajstić information content (AvgIpc) is 3.01. The molecular weight excluding hydrogens is 284 g/mol. The molecule has 6 heteroatoms. The molecule has 1 aliphatic heterocycles. The third kappa shape index (κ3) is 3.84. The molecule has 1 aliphatic rings. The standard InChI is InChI=1S/C15H20N4OS/c1-12-14(17-5-4-16-12)3-2-13-11-20-8-7-19(13)10-15-18-6-9-21-15/h4-6,9,13H,2-3,7-8,10-11H2,1H3. The topological polar surface area (TPSA) is 51.1 Å². The molecule has 0 spiro atoms. The van der Waals surface area contributed by atoms with Crippen molar-refractivity contribution in [3.8, 4) is 0 Å². The van der Waals surface area contributed by atoms with Crippen LogP contribution in [0.2, 0.25) is 0 Å². The van der Waals surface area contributed by atoms with Crippen molar-refractivity contribution in [1.82, 2.24) is 19.9 Å². The van der Waals surface area contributed by atoms with E-state index in [1.54, 1.807) is 23.7 Å². The number of nitrogens with zero attached hydrogens (tertiary/aromatic N) is 4. The zero-order valence-electron chi connectivity index (χ0n) is 12.2. The molecular formula is C15H20N4OS. The highest BCUT2D eigenvalue weighted by molar-refractivity contribution is 7.09. The first kappa shape index (κ1) is 14.6. The SMILES string of the molecule is Cc1nccnc1CCC1COCCN1Cc1nccs1. The van der Waals surface area contributed by atoms with Crippen LogP contribution in [0, 0.1) is 6.92 Å². The Balaban J connectivity index is 1.60. The lowest BCUT2D eigenvalue weighted by Crippen LogP contribution is -2.45. The van der Waals surface area contributed by atoms with Gasteiger partial charge in [0.05, 0.1) is 31.1 Å². The van der Waals surface area contributed by atoms with Crippen LogP contribution < -0.4 is 0 Å². The summed E-state index contributed by atoms with van der Waals surface area (Å²) in [5.41, 5.74) is 2.12. The fourth-order valence-corrected chi connectivity index (χ4v) is 3.29. The highest BCUT2D eigenvalue weighted by Crippen LogP contribution is 2.18. The van der Waals surface area contributed by atoms with Crippen molar-refractivity contribution in [2.24, 2.45) is 0 Å². The molecule has 5 nitrogen and oxygen atoms in total. The highest BCUT2D eigenvalue weighted by Gasteiger charge is 2.23. The fourth-order valence-electron chi connectivity index (χ4n) is 2.65.